The van der Waals surface area contributed by atoms with Gasteiger partial charge in [-0.1, -0.05) is 0 Å². The zero-order valence-electron chi connectivity index (χ0n) is 13.1. The van der Waals surface area contributed by atoms with Crippen molar-refractivity contribution in [1.29, 1.82) is 0 Å². The van der Waals surface area contributed by atoms with E-state index in [9.17, 15) is 13.2 Å². The highest BCUT2D eigenvalue weighted by Gasteiger charge is 2.31. The van der Waals surface area contributed by atoms with Gasteiger partial charge in [-0.15, -0.1) is 0 Å². The molecule has 0 aromatic carbocycles. The Hall–Kier alpha value is -1.67. The molecule has 2 fully saturated rings. The first kappa shape index (κ1) is 16.2. The summed E-state index contributed by atoms with van der Waals surface area (Å²) in [5.74, 6) is 0.285. The van der Waals surface area contributed by atoms with Crippen molar-refractivity contribution in [3.8, 4) is 0 Å². The first-order chi connectivity index (χ1) is 11.0. The SMILES string of the molecule is CN(c1ccnc(C(=O)N2CCOCC2)c1)C1CCS(=O)(=O)C1. The Balaban J connectivity index is 1.75. The largest absolute Gasteiger partial charge is 0.378 e. The van der Waals surface area contributed by atoms with Gasteiger partial charge in [0.25, 0.3) is 5.91 Å². The highest BCUT2D eigenvalue weighted by Crippen LogP contribution is 2.23. The Labute approximate surface area is 136 Å². The molecule has 0 spiro atoms. The molecule has 1 unspecified atom stereocenters. The summed E-state index contributed by atoms with van der Waals surface area (Å²) in [5, 5.41) is 0. The zero-order chi connectivity index (χ0) is 16.4. The van der Waals surface area contributed by atoms with E-state index < -0.39 is 9.84 Å². The molecule has 126 valence electrons. The van der Waals surface area contributed by atoms with E-state index in [0.29, 0.717) is 38.4 Å². The van der Waals surface area contributed by atoms with Crippen LogP contribution in [0, 0.1) is 0 Å². The molecule has 23 heavy (non-hydrogen) atoms. The van der Waals surface area contributed by atoms with Crippen LogP contribution >= 0.6 is 0 Å². The molecule has 2 aliphatic heterocycles. The van der Waals surface area contributed by atoms with Crippen LogP contribution in [0.15, 0.2) is 18.3 Å². The summed E-state index contributed by atoms with van der Waals surface area (Å²) < 4.78 is 28.5. The van der Waals surface area contributed by atoms with Crippen LogP contribution in [0.5, 0.6) is 0 Å². The fourth-order valence-corrected chi connectivity index (χ4v) is 4.75. The number of amides is 1. The Morgan fingerprint density at radius 3 is 2.78 bits per heavy atom. The van der Waals surface area contributed by atoms with Gasteiger partial charge >= 0.3 is 0 Å². The van der Waals surface area contributed by atoms with Crippen LogP contribution in [0.4, 0.5) is 5.69 Å². The van der Waals surface area contributed by atoms with Crippen LogP contribution in [0.3, 0.4) is 0 Å². The molecule has 2 aliphatic rings. The Kier molecular flexibility index (Phi) is 4.54. The maximum absolute atomic E-state index is 12.5. The molecule has 2 saturated heterocycles. The van der Waals surface area contributed by atoms with Crippen LogP contribution < -0.4 is 4.90 Å². The van der Waals surface area contributed by atoms with Crippen LogP contribution in [0.25, 0.3) is 0 Å². The molecular weight excluding hydrogens is 318 g/mol. The molecule has 0 bridgehead atoms. The van der Waals surface area contributed by atoms with E-state index in [1.165, 1.54) is 0 Å². The number of pyridine rings is 1. The van der Waals surface area contributed by atoms with Gasteiger partial charge in [-0.05, 0) is 18.6 Å². The Morgan fingerprint density at radius 1 is 1.39 bits per heavy atom. The van der Waals surface area contributed by atoms with Crippen molar-refractivity contribution in [2.75, 3.05) is 49.8 Å². The van der Waals surface area contributed by atoms with E-state index in [4.69, 9.17) is 4.74 Å². The van der Waals surface area contributed by atoms with Gasteiger partial charge in [0.05, 0.1) is 24.7 Å². The molecule has 0 radical (unpaired) electrons. The van der Waals surface area contributed by atoms with Crippen molar-refractivity contribution in [2.24, 2.45) is 0 Å². The summed E-state index contributed by atoms with van der Waals surface area (Å²) in [6.45, 7) is 2.24. The van der Waals surface area contributed by atoms with Gasteiger partial charge < -0.3 is 14.5 Å². The normalized spacial score (nSPS) is 23.7. The lowest BCUT2D eigenvalue weighted by molar-refractivity contribution is 0.0299. The summed E-state index contributed by atoms with van der Waals surface area (Å²) in [5.41, 5.74) is 1.20. The predicted molar refractivity (Wildman–Crippen MR) is 86.4 cm³/mol. The fourth-order valence-electron chi connectivity index (χ4n) is 2.98. The molecule has 3 rings (SSSR count). The molecule has 1 atom stereocenters. The molecule has 1 aromatic heterocycles. The highest BCUT2D eigenvalue weighted by molar-refractivity contribution is 7.91. The number of sulfone groups is 1. The molecule has 3 heterocycles. The number of aromatic nitrogens is 1. The second-order valence-electron chi connectivity index (χ2n) is 5.97. The minimum atomic E-state index is -2.94. The monoisotopic (exact) mass is 339 g/mol. The minimum Gasteiger partial charge on any atom is -0.378 e. The van der Waals surface area contributed by atoms with Gasteiger partial charge in [0.1, 0.15) is 5.69 Å². The lowest BCUT2D eigenvalue weighted by Crippen LogP contribution is -2.41. The minimum absolute atomic E-state index is 0.0475. The summed E-state index contributed by atoms with van der Waals surface area (Å²) in [7, 11) is -1.07. The van der Waals surface area contributed by atoms with Crippen molar-refractivity contribution in [3.05, 3.63) is 24.0 Å². The fraction of sp³-hybridized carbons (Fsp3) is 0.600. The molecule has 8 heteroatoms. The van der Waals surface area contributed by atoms with Crippen molar-refractivity contribution in [3.63, 3.8) is 0 Å². The molecule has 7 nitrogen and oxygen atoms in total. The summed E-state index contributed by atoms with van der Waals surface area (Å²) >= 11 is 0. The number of rotatable bonds is 3. The number of carbonyl (C=O) groups excluding carboxylic acids is 1. The second-order valence-corrected chi connectivity index (χ2v) is 8.20. The van der Waals surface area contributed by atoms with Gasteiger partial charge in [-0.2, -0.15) is 0 Å². The van der Waals surface area contributed by atoms with E-state index >= 15 is 0 Å². The number of anilines is 1. The Morgan fingerprint density at radius 2 is 2.13 bits per heavy atom. The summed E-state index contributed by atoms with van der Waals surface area (Å²) in [6, 6.07) is 3.50. The molecule has 0 aliphatic carbocycles. The number of nitrogens with zero attached hydrogens (tertiary/aromatic N) is 3. The third-order valence-corrected chi connectivity index (χ3v) is 6.17. The van der Waals surface area contributed by atoms with Crippen LogP contribution in [-0.2, 0) is 14.6 Å². The van der Waals surface area contributed by atoms with E-state index in [0.717, 1.165) is 5.69 Å². The molecule has 0 N–H and O–H groups in total. The third kappa shape index (κ3) is 3.64. The maximum atomic E-state index is 12.5. The molecule has 1 amide bonds. The number of morpholine rings is 1. The van der Waals surface area contributed by atoms with E-state index in [2.05, 4.69) is 4.98 Å². The highest BCUT2D eigenvalue weighted by atomic mass is 32.2. The zero-order valence-corrected chi connectivity index (χ0v) is 14.0. The van der Waals surface area contributed by atoms with Gasteiger partial charge in [0.15, 0.2) is 9.84 Å². The van der Waals surface area contributed by atoms with Crippen molar-refractivity contribution in [2.45, 2.75) is 12.5 Å². The van der Waals surface area contributed by atoms with Gasteiger partial charge in [0.2, 0.25) is 0 Å². The Bertz CT molecular complexity index is 686. The average Bonchev–Trinajstić information content (AvgIpc) is 2.94. The average molecular weight is 339 g/mol. The van der Waals surface area contributed by atoms with E-state index in [-0.39, 0.29) is 23.5 Å². The van der Waals surface area contributed by atoms with Crippen molar-refractivity contribution >= 4 is 21.4 Å². The first-order valence-electron chi connectivity index (χ1n) is 7.72. The predicted octanol–water partition coefficient (Wildman–Crippen LogP) is 0.177. The lowest BCUT2D eigenvalue weighted by atomic mass is 10.2. The summed E-state index contributed by atoms with van der Waals surface area (Å²) in [6.07, 6.45) is 2.22. The standard InChI is InChI=1S/C15H21N3O4S/c1-17(13-3-9-23(20,21)11-13)12-2-4-16-14(10-12)15(19)18-5-7-22-8-6-18/h2,4,10,13H,3,5-9,11H2,1H3. The number of hydrogen-bond donors (Lipinski definition) is 0. The molecule has 0 saturated carbocycles. The van der Waals surface area contributed by atoms with Crippen molar-refractivity contribution in [1.82, 2.24) is 9.88 Å². The van der Waals surface area contributed by atoms with E-state index in [1.807, 2.05) is 11.9 Å². The third-order valence-electron chi connectivity index (χ3n) is 4.42. The smallest absolute Gasteiger partial charge is 0.272 e. The van der Waals surface area contributed by atoms with Gasteiger partial charge in [0, 0.05) is 38.1 Å². The first-order valence-corrected chi connectivity index (χ1v) is 9.55. The van der Waals surface area contributed by atoms with E-state index in [1.54, 1.807) is 23.2 Å². The van der Waals surface area contributed by atoms with Gasteiger partial charge in [-0.3, -0.25) is 9.78 Å². The lowest BCUT2D eigenvalue weighted by Gasteiger charge is -2.28. The number of carbonyl (C=O) groups is 1. The quantitative estimate of drug-likeness (QED) is 0.781. The number of ether oxygens (including phenoxy) is 1. The van der Waals surface area contributed by atoms with Crippen LogP contribution in [-0.4, -0.2) is 75.1 Å². The second kappa shape index (κ2) is 6.45. The van der Waals surface area contributed by atoms with Crippen molar-refractivity contribution < 1.29 is 17.9 Å². The maximum Gasteiger partial charge on any atom is 0.272 e. The molecular formula is C15H21N3O4S. The molecule has 1 aromatic rings. The topological polar surface area (TPSA) is 79.8 Å². The summed E-state index contributed by atoms with van der Waals surface area (Å²) in [4.78, 5) is 20.3. The number of hydrogen-bond acceptors (Lipinski definition) is 6. The van der Waals surface area contributed by atoms with Crippen LogP contribution in [0.1, 0.15) is 16.9 Å². The van der Waals surface area contributed by atoms with Crippen LogP contribution in [0.2, 0.25) is 0 Å². The van der Waals surface area contributed by atoms with Gasteiger partial charge in [-0.25, -0.2) is 8.42 Å².